The molecule has 3 aromatic carbocycles. The molecular formula is C23H16FN3O4. The summed E-state index contributed by atoms with van der Waals surface area (Å²) in [6.45, 7) is 0.233. The van der Waals surface area contributed by atoms with Gasteiger partial charge in [-0.1, -0.05) is 12.1 Å². The Hall–Kier alpha value is -4.51. The van der Waals surface area contributed by atoms with E-state index in [9.17, 15) is 24.6 Å². The molecule has 0 bridgehead atoms. The van der Waals surface area contributed by atoms with Crippen LogP contribution in [0, 0.1) is 27.3 Å². The maximum atomic E-state index is 13.0. The van der Waals surface area contributed by atoms with Crippen LogP contribution in [0.15, 0.2) is 78.4 Å². The maximum absolute atomic E-state index is 13.0. The van der Waals surface area contributed by atoms with E-state index in [4.69, 9.17) is 4.74 Å². The number of anilines is 1. The topological polar surface area (TPSA) is 105 Å². The van der Waals surface area contributed by atoms with Crippen molar-refractivity contribution in [1.29, 1.82) is 5.26 Å². The summed E-state index contributed by atoms with van der Waals surface area (Å²) >= 11 is 0. The van der Waals surface area contributed by atoms with Crippen LogP contribution < -0.4 is 10.1 Å². The van der Waals surface area contributed by atoms with E-state index in [0.29, 0.717) is 17.0 Å². The van der Waals surface area contributed by atoms with Crippen molar-refractivity contribution in [2.75, 3.05) is 5.32 Å². The molecule has 0 unspecified atom stereocenters. The number of ether oxygens (including phenoxy) is 1. The second-order valence-electron chi connectivity index (χ2n) is 6.41. The third kappa shape index (κ3) is 5.98. The van der Waals surface area contributed by atoms with E-state index in [-0.39, 0.29) is 17.9 Å². The predicted molar refractivity (Wildman–Crippen MR) is 112 cm³/mol. The summed E-state index contributed by atoms with van der Waals surface area (Å²) in [5, 5.41) is 22.5. The molecule has 3 aromatic rings. The number of rotatable bonds is 7. The highest BCUT2D eigenvalue weighted by Gasteiger charge is 2.10. The molecule has 3 rings (SSSR count). The summed E-state index contributed by atoms with van der Waals surface area (Å²) in [5.41, 5.74) is 1.68. The van der Waals surface area contributed by atoms with Crippen molar-refractivity contribution in [3.63, 3.8) is 0 Å². The van der Waals surface area contributed by atoms with Crippen LogP contribution in [-0.4, -0.2) is 10.8 Å². The molecule has 0 saturated heterocycles. The number of nitro groups is 1. The first-order valence-corrected chi connectivity index (χ1v) is 9.09. The molecule has 0 radical (unpaired) electrons. The van der Waals surface area contributed by atoms with E-state index in [1.807, 2.05) is 6.07 Å². The van der Waals surface area contributed by atoms with E-state index in [1.54, 1.807) is 36.4 Å². The fourth-order valence-corrected chi connectivity index (χ4v) is 2.59. The highest BCUT2D eigenvalue weighted by Crippen LogP contribution is 2.18. The van der Waals surface area contributed by atoms with Gasteiger partial charge in [-0.05, 0) is 65.7 Å². The molecule has 31 heavy (non-hydrogen) atoms. The zero-order valence-electron chi connectivity index (χ0n) is 16.1. The lowest BCUT2D eigenvalue weighted by molar-refractivity contribution is -0.384. The summed E-state index contributed by atoms with van der Waals surface area (Å²) < 4.78 is 18.6. The quantitative estimate of drug-likeness (QED) is 0.256. The van der Waals surface area contributed by atoms with Crippen LogP contribution in [0.2, 0.25) is 0 Å². The molecule has 0 spiro atoms. The van der Waals surface area contributed by atoms with E-state index in [2.05, 4.69) is 5.32 Å². The van der Waals surface area contributed by atoms with Gasteiger partial charge in [0.05, 0.1) is 4.92 Å². The number of amides is 1. The number of halogens is 1. The fraction of sp³-hybridized carbons (Fsp3) is 0.0435. The van der Waals surface area contributed by atoms with Crippen LogP contribution in [0.4, 0.5) is 15.8 Å². The van der Waals surface area contributed by atoms with Crippen molar-refractivity contribution in [2.24, 2.45) is 0 Å². The summed E-state index contributed by atoms with van der Waals surface area (Å²) in [5.74, 6) is -0.470. The third-order valence-corrected chi connectivity index (χ3v) is 4.21. The van der Waals surface area contributed by atoms with Crippen LogP contribution in [0.3, 0.4) is 0 Å². The van der Waals surface area contributed by atoms with E-state index in [1.165, 1.54) is 42.5 Å². The largest absolute Gasteiger partial charge is 0.489 e. The number of nitrogens with zero attached hydrogens (tertiary/aromatic N) is 2. The molecule has 0 saturated carbocycles. The molecule has 8 heteroatoms. The molecule has 0 aliphatic carbocycles. The standard InChI is InChI=1S/C23H16FN3O4/c24-19-5-7-20(8-6-19)26-23(28)18(14-25)13-16-3-11-22(12-4-16)31-15-17-1-9-21(10-2-17)27(29)30/h1-13H,15H2,(H,26,28)/b18-13+. The number of carbonyl (C=O) groups excluding carboxylic acids is 1. The second kappa shape index (κ2) is 9.80. The Morgan fingerprint density at radius 1 is 1.06 bits per heavy atom. The van der Waals surface area contributed by atoms with Crippen molar-refractivity contribution < 1.29 is 18.8 Å². The molecular weight excluding hydrogens is 401 g/mol. The normalized spacial score (nSPS) is 10.8. The molecule has 7 nitrogen and oxygen atoms in total. The predicted octanol–water partition coefficient (Wildman–Crippen LogP) is 4.86. The van der Waals surface area contributed by atoms with Gasteiger partial charge in [-0.25, -0.2) is 4.39 Å². The molecule has 154 valence electrons. The lowest BCUT2D eigenvalue weighted by atomic mass is 10.1. The fourth-order valence-electron chi connectivity index (χ4n) is 2.59. The molecule has 0 heterocycles. The Kier molecular flexibility index (Phi) is 6.71. The van der Waals surface area contributed by atoms with Gasteiger partial charge in [-0.2, -0.15) is 5.26 Å². The highest BCUT2D eigenvalue weighted by atomic mass is 19.1. The Labute approximate surface area is 177 Å². The van der Waals surface area contributed by atoms with E-state index >= 15 is 0 Å². The number of nitriles is 1. The number of carbonyl (C=O) groups is 1. The zero-order valence-corrected chi connectivity index (χ0v) is 16.1. The van der Waals surface area contributed by atoms with Crippen molar-refractivity contribution in [2.45, 2.75) is 6.61 Å². The SMILES string of the molecule is N#C/C(=C\c1ccc(OCc2ccc([N+](=O)[O-])cc2)cc1)C(=O)Nc1ccc(F)cc1. The van der Waals surface area contributed by atoms with E-state index in [0.717, 1.165) is 5.56 Å². The van der Waals surface area contributed by atoms with Crippen molar-refractivity contribution >= 4 is 23.4 Å². The lowest BCUT2D eigenvalue weighted by Crippen LogP contribution is -2.13. The summed E-state index contributed by atoms with van der Waals surface area (Å²) in [7, 11) is 0. The van der Waals surface area contributed by atoms with Crippen molar-refractivity contribution in [3.05, 3.63) is 105 Å². The molecule has 0 atom stereocenters. The lowest BCUT2D eigenvalue weighted by Gasteiger charge is -2.07. The first-order valence-electron chi connectivity index (χ1n) is 9.09. The Balaban J connectivity index is 1.61. The Morgan fingerprint density at radius 2 is 1.71 bits per heavy atom. The minimum atomic E-state index is -0.604. The smallest absolute Gasteiger partial charge is 0.269 e. The number of hydrogen-bond acceptors (Lipinski definition) is 5. The van der Waals surface area contributed by atoms with Gasteiger partial charge in [0.15, 0.2) is 0 Å². The van der Waals surface area contributed by atoms with Gasteiger partial charge in [0.2, 0.25) is 0 Å². The molecule has 0 fully saturated rings. The number of non-ortho nitro benzene ring substituents is 1. The van der Waals surface area contributed by atoms with Gasteiger partial charge in [-0.3, -0.25) is 14.9 Å². The van der Waals surface area contributed by atoms with Crippen LogP contribution in [0.1, 0.15) is 11.1 Å². The van der Waals surface area contributed by atoms with Gasteiger partial charge in [0.25, 0.3) is 11.6 Å². The first-order chi connectivity index (χ1) is 14.9. The third-order valence-electron chi connectivity index (χ3n) is 4.21. The second-order valence-corrected chi connectivity index (χ2v) is 6.41. The summed E-state index contributed by atoms with van der Waals surface area (Å²) in [6, 6.07) is 19.9. The van der Waals surface area contributed by atoms with Gasteiger partial charge >= 0.3 is 0 Å². The maximum Gasteiger partial charge on any atom is 0.269 e. The summed E-state index contributed by atoms with van der Waals surface area (Å²) in [4.78, 5) is 22.5. The van der Waals surface area contributed by atoms with Gasteiger partial charge < -0.3 is 10.1 Å². The van der Waals surface area contributed by atoms with E-state index < -0.39 is 16.6 Å². The highest BCUT2D eigenvalue weighted by molar-refractivity contribution is 6.09. The van der Waals surface area contributed by atoms with Crippen molar-refractivity contribution in [3.8, 4) is 11.8 Å². The van der Waals surface area contributed by atoms with Gasteiger partial charge in [0, 0.05) is 17.8 Å². The molecule has 0 aromatic heterocycles. The average molecular weight is 417 g/mol. The molecule has 1 amide bonds. The molecule has 1 N–H and O–H groups in total. The summed E-state index contributed by atoms with van der Waals surface area (Å²) in [6.07, 6.45) is 1.43. The molecule has 0 aliphatic rings. The Bertz CT molecular complexity index is 1150. The van der Waals surface area contributed by atoms with Crippen LogP contribution >= 0.6 is 0 Å². The van der Waals surface area contributed by atoms with Crippen LogP contribution in [0.5, 0.6) is 5.75 Å². The monoisotopic (exact) mass is 417 g/mol. The van der Waals surface area contributed by atoms with Crippen molar-refractivity contribution in [1.82, 2.24) is 0 Å². The van der Waals surface area contributed by atoms with Crippen LogP contribution in [0.25, 0.3) is 6.08 Å². The zero-order chi connectivity index (χ0) is 22.2. The first kappa shape index (κ1) is 21.2. The number of nitro benzene ring substituents is 1. The molecule has 0 aliphatic heterocycles. The number of benzene rings is 3. The van der Waals surface area contributed by atoms with Gasteiger partial charge in [0.1, 0.15) is 29.8 Å². The van der Waals surface area contributed by atoms with Crippen LogP contribution in [-0.2, 0) is 11.4 Å². The minimum Gasteiger partial charge on any atom is -0.489 e. The van der Waals surface area contributed by atoms with Gasteiger partial charge in [-0.15, -0.1) is 0 Å². The number of hydrogen-bond donors (Lipinski definition) is 1. The minimum absolute atomic E-state index is 0.0108. The Morgan fingerprint density at radius 3 is 2.29 bits per heavy atom. The average Bonchev–Trinajstić information content (AvgIpc) is 2.78. The number of nitrogens with one attached hydrogen (secondary N) is 1.